The maximum absolute atomic E-state index is 11.9. The van der Waals surface area contributed by atoms with Crippen molar-refractivity contribution in [2.75, 3.05) is 13.2 Å². The minimum absolute atomic E-state index is 0. The molecule has 0 spiro atoms. The monoisotopic (exact) mass is 357 g/mol. The molecule has 1 rings (SSSR count). The summed E-state index contributed by atoms with van der Waals surface area (Å²) < 4.78 is 0. The number of carbonyl (C=O) groups is 2. The molecule has 0 aliphatic carbocycles. The van der Waals surface area contributed by atoms with Crippen LogP contribution in [-0.2, 0) is 9.59 Å². The second-order valence-electron chi connectivity index (χ2n) is 4.82. The minimum atomic E-state index is -1.15. The summed E-state index contributed by atoms with van der Waals surface area (Å²) in [5.74, 6) is -1.20. The second kappa shape index (κ2) is 17.3. The molecule has 1 aliphatic heterocycles. The number of rotatable bonds is 4. The first-order valence-corrected chi connectivity index (χ1v) is 7.65. The van der Waals surface area contributed by atoms with Crippen molar-refractivity contribution < 1.29 is 54.5 Å². The zero-order valence-electron chi connectivity index (χ0n) is 15.9. The number of aliphatic hydroxyl groups is 2. The van der Waals surface area contributed by atoms with Crippen molar-refractivity contribution >= 4 is 17.8 Å². The number of amides is 2. The van der Waals surface area contributed by atoms with Gasteiger partial charge in [-0.15, -0.1) is 0 Å². The Bertz CT molecular complexity index is 378. The Balaban J connectivity index is -0.000000219. The van der Waals surface area contributed by atoms with Crippen LogP contribution in [-0.4, -0.2) is 41.3 Å². The van der Waals surface area contributed by atoms with Crippen LogP contribution in [0.25, 0.3) is 0 Å². The molecule has 9 heteroatoms. The van der Waals surface area contributed by atoms with Gasteiger partial charge in [0.25, 0.3) is 5.91 Å². The number of nitrogens with zero attached hydrogens (tertiary/aromatic N) is 1. The third kappa shape index (κ3) is 9.10. The van der Waals surface area contributed by atoms with Crippen LogP contribution < -0.4 is 46.1 Å². The molecule has 0 radical (unpaired) electrons. The number of nitrogens with one attached hydrogen (secondary N) is 1. The molecule has 2 amide bonds. The van der Waals surface area contributed by atoms with Gasteiger partial charge in [0.05, 0.1) is 6.02 Å². The van der Waals surface area contributed by atoms with Crippen molar-refractivity contribution in [3.63, 3.8) is 0 Å². The summed E-state index contributed by atoms with van der Waals surface area (Å²) in [4.78, 5) is 27.1. The number of carbonyl (C=O) groups excluding carboxylic acids is 2. The first kappa shape index (κ1) is 31.3. The van der Waals surface area contributed by atoms with Crippen molar-refractivity contribution in [3.8, 4) is 0 Å². The smallest absolute Gasteiger partial charge is 0.846 e. The Morgan fingerprint density at radius 1 is 1.17 bits per heavy atom. The number of amidine groups is 1. The summed E-state index contributed by atoms with van der Waals surface area (Å²) in [6.07, 6.45) is 2.02. The molecule has 6 N–H and O–H groups in total. The molecule has 0 saturated heterocycles. The van der Waals surface area contributed by atoms with Crippen LogP contribution in [0.4, 0.5) is 0 Å². The molecule has 0 bridgehead atoms. The van der Waals surface area contributed by atoms with Crippen LogP contribution in [0, 0.1) is 11.3 Å². The van der Waals surface area contributed by atoms with Crippen molar-refractivity contribution in [3.05, 3.63) is 0 Å². The first-order valence-electron chi connectivity index (χ1n) is 7.65. The number of hydrogen-bond donors (Lipinski definition) is 4. The third-order valence-electron chi connectivity index (χ3n) is 3.33. The number of hydrogen-bond acceptors (Lipinski definition) is 6. The minimum Gasteiger partial charge on any atom is -0.846 e. The number of aliphatic hydroxyl groups excluding tert-OH is 2. The Kier molecular flexibility index (Phi) is 22.6. The van der Waals surface area contributed by atoms with Crippen LogP contribution in [0.2, 0.25) is 0 Å². The van der Waals surface area contributed by atoms with Crippen molar-refractivity contribution in [2.45, 2.75) is 53.9 Å². The molecule has 0 aromatic rings. The fourth-order valence-electron chi connectivity index (χ4n) is 2.30. The maximum Gasteiger partial charge on any atom is 1.00 e. The van der Waals surface area contributed by atoms with Gasteiger partial charge in [0.1, 0.15) is 5.41 Å². The summed E-state index contributed by atoms with van der Waals surface area (Å²) in [5.41, 5.74) is -1.15. The summed E-state index contributed by atoms with van der Waals surface area (Å²) in [6.45, 7) is 9.48. The van der Waals surface area contributed by atoms with Crippen LogP contribution in [0.3, 0.4) is 0 Å². The standard InChI is InChI=1S/C11H18N2O3.2C2H6O.H3N.Na/c1-4-6-7(3)11(5-2)8(14)12-10(16)13-9(11)15;2*1-2-3;;/h7H,4-6H2,1-3H3,(H2,12,13,14,15,16);2*3H,2H2,1H3;1H3;/q;;;;+1/p-1. The van der Waals surface area contributed by atoms with E-state index in [1.807, 2.05) is 13.8 Å². The van der Waals surface area contributed by atoms with Crippen LogP contribution in [0.1, 0.15) is 53.9 Å². The fraction of sp³-hybridized carbons (Fsp3) is 0.800. The van der Waals surface area contributed by atoms with E-state index in [0.29, 0.717) is 6.42 Å². The largest absolute Gasteiger partial charge is 1.00 e. The molecule has 24 heavy (non-hydrogen) atoms. The summed E-state index contributed by atoms with van der Waals surface area (Å²) in [5, 5.41) is 28.2. The van der Waals surface area contributed by atoms with Gasteiger partial charge < -0.3 is 26.8 Å². The zero-order valence-corrected chi connectivity index (χ0v) is 17.9. The van der Waals surface area contributed by atoms with Crippen molar-refractivity contribution in [1.29, 1.82) is 0 Å². The SMILES string of the molecule is CCCC(C)C1(CC)C(=O)N=C([O-])NC1=O.CCO.CCO.N.[Na+]. The summed E-state index contributed by atoms with van der Waals surface area (Å²) in [7, 11) is 0. The van der Waals surface area contributed by atoms with E-state index in [4.69, 9.17) is 10.2 Å². The topological polar surface area (TPSA) is 157 Å². The van der Waals surface area contributed by atoms with Gasteiger partial charge in [0.2, 0.25) is 5.91 Å². The van der Waals surface area contributed by atoms with Gasteiger partial charge in [0.15, 0.2) is 0 Å². The number of aliphatic imine (C=N–C) groups is 1. The van der Waals surface area contributed by atoms with Gasteiger partial charge in [0, 0.05) is 13.2 Å². The third-order valence-corrected chi connectivity index (χ3v) is 3.33. The van der Waals surface area contributed by atoms with Crippen LogP contribution in [0.5, 0.6) is 0 Å². The molecular weight excluding hydrogens is 325 g/mol. The molecule has 1 aliphatic rings. The molecular formula is C15H32N3NaO5. The van der Waals surface area contributed by atoms with E-state index < -0.39 is 23.3 Å². The predicted molar refractivity (Wildman–Crippen MR) is 87.9 cm³/mol. The van der Waals surface area contributed by atoms with Gasteiger partial charge >= 0.3 is 29.6 Å². The Hall–Kier alpha value is -0.510. The molecule has 8 nitrogen and oxygen atoms in total. The molecule has 2 atom stereocenters. The average molecular weight is 357 g/mol. The fourth-order valence-corrected chi connectivity index (χ4v) is 2.30. The van der Waals surface area contributed by atoms with Crippen LogP contribution >= 0.6 is 0 Å². The Labute approximate surface area is 167 Å². The van der Waals surface area contributed by atoms with Gasteiger partial charge in [-0.05, 0) is 32.6 Å². The second-order valence-corrected chi connectivity index (χ2v) is 4.82. The predicted octanol–water partition coefficient (Wildman–Crippen LogP) is -2.65. The Morgan fingerprint density at radius 3 is 1.88 bits per heavy atom. The van der Waals surface area contributed by atoms with Crippen LogP contribution in [0.15, 0.2) is 4.99 Å². The van der Waals surface area contributed by atoms with E-state index in [2.05, 4.69) is 10.3 Å². The van der Waals surface area contributed by atoms with Gasteiger partial charge in [-0.25, -0.2) is 4.99 Å². The molecule has 138 valence electrons. The molecule has 2 unspecified atom stereocenters. The molecule has 0 aromatic carbocycles. The van der Waals surface area contributed by atoms with E-state index in [1.54, 1.807) is 20.8 Å². The molecule has 1 heterocycles. The first-order chi connectivity index (χ1) is 10.3. The molecule has 0 fully saturated rings. The Morgan fingerprint density at radius 2 is 1.58 bits per heavy atom. The molecule has 0 aromatic heterocycles. The molecule has 0 saturated carbocycles. The van der Waals surface area contributed by atoms with Gasteiger partial charge in [-0.1, -0.05) is 27.2 Å². The van der Waals surface area contributed by atoms with E-state index >= 15 is 0 Å². The van der Waals surface area contributed by atoms with E-state index in [9.17, 15) is 14.7 Å². The van der Waals surface area contributed by atoms with Crippen molar-refractivity contribution in [1.82, 2.24) is 11.5 Å². The summed E-state index contributed by atoms with van der Waals surface area (Å²) >= 11 is 0. The van der Waals surface area contributed by atoms with Crippen molar-refractivity contribution in [2.24, 2.45) is 16.3 Å². The van der Waals surface area contributed by atoms with Gasteiger partial charge in [-0.2, -0.15) is 0 Å². The maximum atomic E-state index is 11.9. The van der Waals surface area contributed by atoms with Gasteiger partial charge in [-0.3, -0.25) is 9.59 Å². The van der Waals surface area contributed by atoms with E-state index in [0.717, 1.165) is 12.8 Å². The zero-order chi connectivity index (χ0) is 17.8. The van der Waals surface area contributed by atoms with E-state index in [-0.39, 0.29) is 54.8 Å². The quantitative estimate of drug-likeness (QED) is 0.318. The van der Waals surface area contributed by atoms with E-state index in [1.165, 1.54) is 0 Å². The summed E-state index contributed by atoms with van der Waals surface area (Å²) in [6, 6.07) is -0.845. The average Bonchev–Trinajstić information content (AvgIpc) is 2.40. The normalized spacial score (nSPS) is 19.7.